The minimum absolute atomic E-state index is 1.24. The van der Waals surface area contributed by atoms with Crippen molar-refractivity contribution in [2.45, 2.75) is 13.8 Å². The molecule has 0 saturated heterocycles. The van der Waals surface area contributed by atoms with Crippen molar-refractivity contribution in [2.24, 2.45) is 0 Å². The van der Waals surface area contributed by atoms with Crippen LogP contribution in [0.2, 0.25) is 0 Å². The van der Waals surface area contributed by atoms with Crippen LogP contribution in [0, 0.1) is 13.8 Å². The van der Waals surface area contributed by atoms with Crippen LogP contribution in [0.4, 0.5) is 0 Å². The molecule has 298 valence electrons. The molecule has 0 spiro atoms. The van der Waals surface area contributed by atoms with E-state index in [9.17, 15) is 0 Å². The first kappa shape index (κ1) is 36.6. The summed E-state index contributed by atoms with van der Waals surface area (Å²) in [5.41, 5.74) is 12.8. The van der Waals surface area contributed by atoms with E-state index in [2.05, 4.69) is 232 Å². The Kier molecular flexibility index (Phi) is 8.14. The molecule has 13 aromatic carbocycles. The Balaban J connectivity index is 1.02. The quantitative estimate of drug-likeness (QED) is 0.123. The molecule has 0 bridgehead atoms. The van der Waals surface area contributed by atoms with Crippen LogP contribution in [0.1, 0.15) is 11.1 Å². The van der Waals surface area contributed by atoms with Gasteiger partial charge in [-0.05, 0) is 168 Å². The van der Waals surface area contributed by atoms with Crippen LogP contribution in [0.15, 0.2) is 218 Å². The molecule has 0 nitrogen and oxygen atoms in total. The second-order valence-electron chi connectivity index (χ2n) is 17.5. The van der Waals surface area contributed by atoms with Gasteiger partial charge in [0.05, 0.1) is 0 Å². The second-order valence-corrected chi connectivity index (χ2v) is 17.5. The third-order valence-electron chi connectivity index (χ3n) is 14.3. The third kappa shape index (κ3) is 5.36. The molecule has 0 heteroatoms. The Hall–Kier alpha value is -8.06. The van der Waals surface area contributed by atoms with Gasteiger partial charge in [0.1, 0.15) is 0 Å². The molecule has 0 amide bonds. The fourth-order valence-corrected chi connectivity index (χ4v) is 11.2. The van der Waals surface area contributed by atoms with Gasteiger partial charge in [0, 0.05) is 0 Å². The third-order valence-corrected chi connectivity index (χ3v) is 14.3. The monoisotopic (exact) mass is 810 g/mol. The Morgan fingerprint density at radius 2 is 0.484 bits per heavy atom. The summed E-state index contributed by atoms with van der Waals surface area (Å²) in [7, 11) is 0. The van der Waals surface area contributed by atoms with Crippen LogP contribution in [-0.4, -0.2) is 0 Å². The number of hydrogen-bond acceptors (Lipinski definition) is 0. The highest BCUT2D eigenvalue weighted by Crippen LogP contribution is 2.49. The molecule has 0 N–H and O–H groups in total. The van der Waals surface area contributed by atoms with Crippen LogP contribution in [-0.2, 0) is 0 Å². The summed E-state index contributed by atoms with van der Waals surface area (Å²) in [5, 5.41) is 20.4. The summed E-state index contributed by atoms with van der Waals surface area (Å²) < 4.78 is 0. The van der Waals surface area contributed by atoms with Gasteiger partial charge < -0.3 is 0 Å². The maximum Gasteiger partial charge on any atom is -0.00201 e. The lowest BCUT2D eigenvalue weighted by atomic mass is 9.83. The van der Waals surface area contributed by atoms with E-state index >= 15 is 0 Å². The predicted molar refractivity (Wildman–Crippen MR) is 278 cm³/mol. The summed E-state index contributed by atoms with van der Waals surface area (Å²) in [6.45, 7) is 4.63. The highest BCUT2D eigenvalue weighted by atomic mass is 14.2. The maximum atomic E-state index is 2.46. The summed E-state index contributed by atoms with van der Waals surface area (Å²) in [6, 6.07) is 81.4. The van der Waals surface area contributed by atoms with Crippen LogP contribution in [0.5, 0.6) is 0 Å². The average Bonchev–Trinajstić information content (AvgIpc) is 3.36. The van der Waals surface area contributed by atoms with E-state index in [-0.39, 0.29) is 0 Å². The summed E-state index contributed by atoms with van der Waals surface area (Å²) in [4.78, 5) is 0. The van der Waals surface area contributed by atoms with Crippen molar-refractivity contribution in [1.82, 2.24) is 0 Å². The van der Waals surface area contributed by atoms with Crippen molar-refractivity contribution in [2.75, 3.05) is 0 Å². The van der Waals surface area contributed by atoms with E-state index in [1.807, 2.05) is 0 Å². The number of fused-ring (bicyclic) bond motifs is 9. The summed E-state index contributed by atoms with van der Waals surface area (Å²) >= 11 is 0. The van der Waals surface area contributed by atoms with E-state index in [4.69, 9.17) is 0 Å². The van der Waals surface area contributed by atoms with Crippen molar-refractivity contribution < 1.29 is 0 Å². The number of hydrogen-bond donors (Lipinski definition) is 0. The van der Waals surface area contributed by atoms with E-state index in [0.29, 0.717) is 0 Å². The lowest BCUT2D eigenvalue weighted by Crippen LogP contribution is -1.94. The molecule has 64 heavy (non-hydrogen) atoms. The standard InChI is InChI=1S/C64H42/c1-39-40(2)60-38-44(62-53-25-9-13-29-57(53)64(58-30-14-10-26-54(58)62)50-32-16-20-42-18-4-6-22-46(42)50)34-36-48(60)47-35-33-43(37-59(39)47)61-51-23-7-11-27-55(51)63(56-28-12-8-24-52(56)61)49-31-15-19-41-17-3-5-21-45(41)49/h3-38H,1-2H3. The Bertz CT molecular complexity index is 3700. The van der Waals surface area contributed by atoms with Crippen LogP contribution < -0.4 is 0 Å². The molecule has 0 atom stereocenters. The van der Waals surface area contributed by atoms with Gasteiger partial charge in [-0.3, -0.25) is 0 Å². The molecule has 0 aliphatic heterocycles. The van der Waals surface area contributed by atoms with Crippen molar-refractivity contribution in [3.63, 3.8) is 0 Å². The SMILES string of the molecule is Cc1c(C)c2cc(-c3c4ccccc4c(-c4cccc5ccccc45)c4ccccc34)ccc2c2ccc(-c3c4ccccc4c(-c4cccc5ccccc45)c4ccccc34)cc12. The fourth-order valence-electron chi connectivity index (χ4n) is 11.2. The highest BCUT2D eigenvalue weighted by Gasteiger charge is 2.21. The zero-order valence-corrected chi connectivity index (χ0v) is 35.8. The highest BCUT2D eigenvalue weighted by molar-refractivity contribution is 6.26. The maximum absolute atomic E-state index is 2.46. The first-order chi connectivity index (χ1) is 31.6. The smallest absolute Gasteiger partial charge is 0.00201 e. The number of rotatable bonds is 4. The van der Waals surface area contributed by atoms with Crippen molar-refractivity contribution in [1.29, 1.82) is 0 Å². The molecule has 0 fully saturated rings. The Morgan fingerprint density at radius 1 is 0.203 bits per heavy atom. The largest absolute Gasteiger partial charge is 0.0616 e. The molecule has 0 saturated carbocycles. The van der Waals surface area contributed by atoms with E-state index < -0.39 is 0 Å². The zero-order chi connectivity index (χ0) is 42.5. The van der Waals surface area contributed by atoms with Crippen LogP contribution >= 0.6 is 0 Å². The normalized spacial score (nSPS) is 11.9. The van der Waals surface area contributed by atoms with Gasteiger partial charge in [0.2, 0.25) is 0 Å². The molecule has 0 unspecified atom stereocenters. The van der Waals surface area contributed by atoms with Crippen molar-refractivity contribution in [3.05, 3.63) is 230 Å². The lowest BCUT2D eigenvalue weighted by Gasteiger charge is -2.20. The fraction of sp³-hybridized carbons (Fsp3) is 0.0312. The van der Waals surface area contributed by atoms with Gasteiger partial charge in [-0.25, -0.2) is 0 Å². The van der Waals surface area contributed by atoms with Crippen LogP contribution in [0.3, 0.4) is 0 Å². The Labute approximate surface area is 372 Å². The predicted octanol–water partition coefficient (Wildman–Crippen LogP) is 18.2. The van der Waals surface area contributed by atoms with Crippen molar-refractivity contribution in [3.8, 4) is 44.5 Å². The Morgan fingerprint density at radius 3 is 0.828 bits per heavy atom. The first-order valence-electron chi connectivity index (χ1n) is 22.4. The lowest BCUT2D eigenvalue weighted by molar-refractivity contribution is 1.41. The summed E-state index contributed by atoms with van der Waals surface area (Å²) in [5.74, 6) is 0. The first-order valence-corrected chi connectivity index (χ1v) is 22.4. The topological polar surface area (TPSA) is 0 Å². The molecule has 0 radical (unpaired) electrons. The molecule has 0 aliphatic rings. The van der Waals surface area contributed by atoms with E-state index in [1.165, 1.54) is 142 Å². The number of aryl methyl sites for hydroxylation is 2. The average molecular weight is 811 g/mol. The van der Waals surface area contributed by atoms with Crippen LogP contribution in [0.25, 0.3) is 131 Å². The minimum atomic E-state index is 1.24. The van der Waals surface area contributed by atoms with Gasteiger partial charge in [0.15, 0.2) is 0 Å². The van der Waals surface area contributed by atoms with Gasteiger partial charge in [0.25, 0.3) is 0 Å². The van der Waals surface area contributed by atoms with E-state index in [1.54, 1.807) is 0 Å². The van der Waals surface area contributed by atoms with E-state index in [0.717, 1.165) is 0 Å². The molecule has 0 aromatic heterocycles. The minimum Gasteiger partial charge on any atom is -0.0616 e. The van der Waals surface area contributed by atoms with Crippen molar-refractivity contribution >= 4 is 86.2 Å². The second kappa shape index (κ2) is 14.2. The number of benzene rings is 13. The molecule has 13 aromatic rings. The van der Waals surface area contributed by atoms with Gasteiger partial charge in [-0.15, -0.1) is 0 Å². The van der Waals surface area contributed by atoms with Gasteiger partial charge in [-0.1, -0.05) is 206 Å². The summed E-state index contributed by atoms with van der Waals surface area (Å²) in [6.07, 6.45) is 0. The molecule has 0 aliphatic carbocycles. The molecule has 0 heterocycles. The van der Waals surface area contributed by atoms with Gasteiger partial charge in [-0.2, -0.15) is 0 Å². The zero-order valence-electron chi connectivity index (χ0n) is 35.8. The van der Waals surface area contributed by atoms with Gasteiger partial charge >= 0.3 is 0 Å². The molecular weight excluding hydrogens is 769 g/mol. The molecule has 13 rings (SSSR count). The molecular formula is C64H42.